The van der Waals surface area contributed by atoms with Gasteiger partial charge in [0, 0.05) is 43.8 Å². The van der Waals surface area contributed by atoms with Crippen molar-refractivity contribution in [3.05, 3.63) is 35.0 Å². The molecule has 1 aliphatic heterocycles. The number of rotatable bonds is 3. The number of hydrogen-bond acceptors (Lipinski definition) is 5. The average Bonchev–Trinajstić information content (AvgIpc) is 2.82. The predicted octanol–water partition coefficient (Wildman–Crippen LogP) is 1.92. The third kappa shape index (κ3) is 3.00. The van der Waals surface area contributed by atoms with Crippen molar-refractivity contribution in [2.24, 2.45) is 0 Å². The SMILES string of the molecule is Cc1nc(-c2ccccn2)sc1CN1CCNCC1. The molecule has 1 saturated heterocycles. The number of hydrogen-bond donors (Lipinski definition) is 1. The van der Waals surface area contributed by atoms with Crippen molar-refractivity contribution in [1.82, 2.24) is 20.2 Å². The molecule has 100 valence electrons. The van der Waals surface area contributed by atoms with Gasteiger partial charge in [-0.3, -0.25) is 9.88 Å². The molecule has 0 atom stereocenters. The lowest BCUT2D eigenvalue weighted by Gasteiger charge is -2.26. The first-order chi connectivity index (χ1) is 9.33. The molecule has 0 bridgehead atoms. The van der Waals surface area contributed by atoms with Gasteiger partial charge in [-0.1, -0.05) is 6.07 Å². The fraction of sp³-hybridized carbons (Fsp3) is 0.429. The lowest BCUT2D eigenvalue weighted by Crippen LogP contribution is -2.42. The minimum atomic E-state index is 0.974. The van der Waals surface area contributed by atoms with E-state index in [1.807, 2.05) is 24.4 Å². The summed E-state index contributed by atoms with van der Waals surface area (Å²) < 4.78 is 0. The van der Waals surface area contributed by atoms with E-state index < -0.39 is 0 Å². The van der Waals surface area contributed by atoms with Crippen LogP contribution in [0, 0.1) is 6.92 Å². The molecule has 1 fully saturated rings. The summed E-state index contributed by atoms with van der Waals surface area (Å²) in [6.07, 6.45) is 1.82. The van der Waals surface area contributed by atoms with Crippen molar-refractivity contribution < 1.29 is 0 Å². The Morgan fingerprint density at radius 1 is 1.32 bits per heavy atom. The van der Waals surface area contributed by atoms with Gasteiger partial charge in [0.15, 0.2) is 0 Å². The Kier molecular flexibility index (Phi) is 3.87. The zero-order valence-electron chi connectivity index (χ0n) is 11.1. The molecule has 3 rings (SSSR count). The van der Waals surface area contributed by atoms with Crippen LogP contribution in [-0.4, -0.2) is 41.0 Å². The maximum atomic E-state index is 4.66. The van der Waals surface area contributed by atoms with Gasteiger partial charge in [-0.15, -0.1) is 11.3 Å². The second-order valence-corrected chi connectivity index (χ2v) is 5.85. The Morgan fingerprint density at radius 3 is 2.89 bits per heavy atom. The monoisotopic (exact) mass is 274 g/mol. The number of nitrogens with zero attached hydrogens (tertiary/aromatic N) is 3. The molecule has 0 aliphatic carbocycles. The molecule has 1 aliphatic rings. The van der Waals surface area contributed by atoms with Gasteiger partial charge < -0.3 is 5.32 Å². The van der Waals surface area contributed by atoms with Crippen LogP contribution >= 0.6 is 11.3 Å². The zero-order valence-corrected chi connectivity index (χ0v) is 11.9. The van der Waals surface area contributed by atoms with E-state index >= 15 is 0 Å². The number of nitrogens with one attached hydrogen (secondary N) is 1. The van der Waals surface area contributed by atoms with Crippen LogP contribution in [-0.2, 0) is 6.54 Å². The molecule has 0 aromatic carbocycles. The summed E-state index contributed by atoms with van der Waals surface area (Å²) in [5.41, 5.74) is 2.12. The normalized spacial score (nSPS) is 16.7. The van der Waals surface area contributed by atoms with Crippen molar-refractivity contribution in [2.75, 3.05) is 26.2 Å². The molecule has 19 heavy (non-hydrogen) atoms. The molecule has 2 aromatic heterocycles. The number of aromatic nitrogens is 2. The minimum Gasteiger partial charge on any atom is -0.314 e. The number of thiazole rings is 1. The molecule has 0 spiro atoms. The van der Waals surface area contributed by atoms with E-state index in [1.165, 1.54) is 4.88 Å². The van der Waals surface area contributed by atoms with E-state index in [1.54, 1.807) is 11.3 Å². The first kappa shape index (κ1) is 12.7. The van der Waals surface area contributed by atoms with Crippen molar-refractivity contribution in [3.63, 3.8) is 0 Å². The van der Waals surface area contributed by atoms with Gasteiger partial charge in [-0.25, -0.2) is 4.98 Å². The summed E-state index contributed by atoms with van der Waals surface area (Å²) in [6.45, 7) is 7.53. The third-order valence-electron chi connectivity index (χ3n) is 3.35. The summed E-state index contributed by atoms with van der Waals surface area (Å²) in [6, 6.07) is 5.97. The van der Waals surface area contributed by atoms with E-state index in [0.29, 0.717) is 0 Å². The topological polar surface area (TPSA) is 41.1 Å². The summed E-state index contributed by atoms with van der Waals surface area (Å²) in [5.74, 6) is 0. The van der Waals surface area contributed by atoms with E-state index in [4.69, 9.17) is 0 Å². The standard InChI is InChI=1S/C14H18N4S/c1-11-13(10-18-8-6-15-7-9-18)19-14(17-11)12-4-2-3-5-16-12/h2-5,15H,6-10H2,1H3. The lowest BCUT2D eigenvalue weighted by molar-refractivity contribution is 0.234. The van der Waals surface area contributed by atoms with Gasteiger partial charge in [-0.2, -0.15) is 0 Å². The predicted molar refractivity (Wildman–Crippen MR) is 78.2 cm³/mol. The molecule has 0 amide bonds. The van der Waals surface area contributed by atoms with Gasteiger partial charge in [0.2, 0.25) is 0 Å². The quantitative estimate of drug-likeness (QED) is 0.928. The number of aryl methyl sites for hydroxylation is 1. The summed E-state index contributed by atoms with van der Waals surface area (Å²) >= 11 is 1.77. The first-order valence-corrected chi connectivity index (χ1v) is 7.45. The number of piperazine rings is 1. The Balaban J connectivity index is 1.77. The van der Waals surface area contributed by atoms with Crippen molar-refractivity contribution >= 4 is 11.3 Å². The highest BCUT2D eigenvalue weighted by molar-refractivity contribution is 7.15. The largest absolute Gasteiger partial charge is 0.314 e. The molecule has 0 radical (unpaired) electrons. The summed E-state index contributed by atoms with van der Waals surface area (Å²) in [5, 5.41) is 4.41. The van der Waals surface area contributed by atoms with Gasteiger partial charge >= 0.3 is 0 Å². The highest BCUT2D eigenvalue weighted by Gasteiger charge is 2.15. The van der Waals surface area contributed by atoms with Crippen LogP contribution in [0.5, 0.6) is 0 Å². The highest BCUT2D eigenvalue weighted by Crippen LogP contribution is 2.27. The molecule has 4 nitrogen and oxygen atoms in total. The molecule has 0 unspecified atom stereocenters. The molecular formula is C14H18N4S. The average molecular weight is 274 g/mol. The zero-order chi connectivity index (χ0) is 13.1. The van der Waals surface area contributed by atoms with E-state index in [0.717, 1.165) is 49.1 Å². The van der Waals surface area contributed by atoms with Gasteiger partial charge in [0.25, 0.3) is 0 Å². The molecule has 5 heteroatoms. The molecule has 3 heterocycles. The Bertz CT molecular complexity index is 532. The van der Waals surface area contributed by atoms with Crippen molar-refractivity contribution in [2.45, 2.75) is 13.5 Å². The van der Waals surface area contributed by atoms with Crippen LogP contribution in [0.1, 0.15) is 10.6 Å². The van der Waals surface area contributed by atoms with Crippen LogP contribution < -0.4 is 5.32 Å². The molecule has 0 saturated carbocycles. The van der Waals surface area contributed by atoms with E-state index in [2.05, 4.69) is 27.1 Å². The minimum absolute atomic E-state index is 0.974. The fourth-order valence-corrected chi connectivity index (χ4v) is 3.33. The van der Waals surface area contributed by atoms with Crippen LogP contribution in [0.15, 0.2) is 24.4 Å². The fourth-order valence-electron chi connectivity index (χ4n) is 2.25. The number of pyridine rings is 1. The second kappa shape index (κ2) is 5.77. The van der Waals surface area contributed by atoms with Crippen LogP contribution in [0.4, 0.5) is 0 Å². The van der Waals surface area contributed by atoms with E-state index in [9.17, 15) is 0 Å². The maximum absolute atomic E-state index is 4.66. The second-order valence-electron chi connectivity index (χ2n) is 4.77. The molecule has 2 aromatic rings. The van der Waals surface area contributed by atoms with Crippen molar-refractivity contribution in [1.29, 1.82) is 0 Å². The van der Waals surface area contributed by atoms with Crippen molar-refractivity contribution in [3.8, 4) is 10.7 Å². The maximum Gasteiger partial charge on any atom is 0.142 e. The van der Waals surface area contributed by atoms with Gasteiger partial charge in [-0.05, 0) is 19.1 Å². The van der Waals surface area contributed by atoms with Crippen LogP contribution in [0.2, 0.25) is 0 Å². The van der Waals surface area contributed by atoms with Crippen LogP contribution in [0.3, 0.4) is 0 Å². The summed E-state index contributed by atoms with van der Waals surface area (Å²) in [4.78, 5) is 12.9. The van der Waals surface area contributed by atoms with Gasteiger partial charge in [0.05, 0.1) is 11.4 Å². The first-order valence-electron chi connectivity index (χ1n) is 6.64. The Hall–Kier alpha value is -1.30. The molecular weight excluding hydrogens is 256 g/mol. The third-order valence-corrected chi connectivity index (χ3v) is 4.52. The summed E-state index contributed by atoms with van der Waals surface area (Å²) in [7, 11) is 0. The highest BCUT2D eigenvalue weighted by atomic mass is 32.1. The Labute approximate surface area is 117 Å². The van der Waals surface area contributed by atoms with Gasteiger partial charge in [0.1, 0.15) is 5.01 Å². The smallest absolute Gasteiger partial charge is 0.142 e. The van der Waals surface area contributed by atoms with E-state index in [-0.39, 0.29) is 0 Å². The molecule has 1 N–H and O–H groups in total. The Morgan fingerprint density at radius 2 is 2.16 bits per heavy atom. The lowest BCUT2D eigenvalue weighted by atomic mass is 10.3. The van der Waals surface area contributed by atoms with Crippen LogP contribution in [0.25, 0.3) is 10.7 Å².